The Bertz CT molecular complexity index is 696. The van der Waals surface area contributed by atoms with Crippen molar-refractivity contribution in [3.05, 3.63) is 71.5 Å². The fourth-order valence-corrected chi connectivity index (χ4v) is 3.49. The number of carbonyl (C=O) groups is 1. The average Bonchev–Trinajstić information content (AvgIpc) is 2.66. The Labute approximate surface area is 148 Å². The van der Waals surface area contributed by atoms with E-state index in [2.05, 4.69) is 12.1 Å². The standard InChI is InChI=1S/C21H24FNO2/c22-19-8-4-7-18(15-19)21(25)23-13-11-17(12-14-23)20(24)10-9-16-5-2-1-3-6-16/h1-8,15,17,20,24H,9-14H2. The summed E-state index contributed by atoms with van der Waals surface area (Å²) in [6, 6.07) is 16.0. The van der Waals surface area contributed by atoms with Gasteiger partial charge in [-0.3, -0.25) is 4.79 Å². The van der Waals surface area contributed by atoms with Gasteiger partial charge in [0, 0.05) is 18.7 Å². The molecule has 0 bridgehead atoms. The Morgan fingerprint density at radius 1 is 1.12 bits per heavy atom. The number of nitrogens with zero attached hydrogens (tertiary/aromatic N) is 1. The van der Waals surface area contributed by atoms with E-state index >= 15 is 0 Å². The number of hydrogen-bond donors (Lipinski definition) is 1. The highest BCUT2D eigenvalue weighted by molar-refractivity contribution is 5.94. The van der Waals surface area contributed by atoms with E-state index in [0.29, 0.717) is 18.7 Å². The summed E-state index contributed by atoms with van der Waals surface area (Å²) in [6.45, 7) is 1.23. The second-order valence-electron chi connectivity index (χ2n) is 6.73. The number of aryl methyl sites for hydroxylation is 1. The minimum absolute atomic E-state index is 0.128. The van der Waals surface area contributed by atoms with Crippen LogP contribution >= 0.6 is 0 Å². The van der Waals surface area contributed by atoms with Gasteiger partial charge in [0.15, 0.2) is 0 Å². The van der Waals surface area contributed by atoms with Crippen LogP contribution in [0, 0.1) is 11.7 Å². The van der Waals surface area contributed by atoms with Crippen molar-refractivity contribution in [3.63, 3.8) is 0 Å². The van der Waals surface area contributed by atoms with Crippen LogP contribution in [0.25, 0.3) is 0 Å². The van der Waals surface area contributed by atoms with E-state index in [4.69, 9.17) is 0 Å². The zero-order chi connectivity index (χ0) is 17.6. The van der Waals surface area contributed by atoms with Crippen LogP contribution in [-0.2, 0) is 6.42 Å². The van der Waals surface area contributed by atoms with Gasteiger partial charge >= 0.3 is 0 Å². The summed E-state index contributed by atoms with van der Waals surface area (Å²) in [5, 5.41) is 10.5. The third kappa shape index (κ3) is 4.67. The molecule has 0 aliphatic carbocycles. The largest absolute Gasteiger partial charge is 0.393 e. The molecular weight excluding hydrogens is 317 g/mol. The van der Waals surface area contributed by atoms with Gasteiger partial charge in [0.1, 0.15) is 5.82 Å². The molecule has 3 nitrogen and oxygen atoms in total. The summed E-state index contributed by atoms with van der Waals surface area (Å²) in [5.74, 6) is -0.297. The fourth-order valence-electron chi connectivity index (χ4n) is 3.49. The molecule has 1 N–H and O–H groups in total. The highest BCUT2D eigenvalue weighted by Crippen LogP contribution is 2.24. The highest BCUT2D eigenvalue weighted by atomic mass is 19.1. The lowest BCUT2D eigenvalue weighted by molar-refractivity contribution is 0.0436. The van der Waals surface area contributed by atoms with Gasteiger partial charge in [0.05, 0.1) is 6.10 Å². The van der Waals surface area contributed by atoms with Crippen molar-refractivity contribution in [2.24, 2.45) is 5.92 Å². The zero-order valence-corrected chi connectivity index (χ0v) is 14.3. The molecule has 4 heteroatoms. The summed E-state index contributed by atoms with van der Waals surface area (Å²) >= 11 is 0. The molecule has 132 valence electrons. The highest BCUT2D eigenvalue weighted by Gasteiger charge is 2.27. The summed E-state index contributed by atoms with van der Waals surface area (Å²) in [6.07, 6.45) is 2.84. The maximum absolute atomic E-state index is 13.3. The topological polar surface area (TPSA) is 40.5 Å². The van der Waals surface area contributed by atoms with Crippen molar-refractivity contribution in [2.45, 2.75) is 31.8 Å². The lowest BCUT2D eigenvalue weighted by Crippen LogP contribution is -2.41. The Morgan fingerprint density at radius 3 is 2.52 bits per heavy atom. The van der Waals surface area contributed by atoms with Crippen molar-refractivity contribution in [1.29, 1.82) is 0 Å². The molecule has 1 aliphatic rings. The number of aliphatic hydroxyl groups is 1. The lowest BCUT2D eigenvalue weighted by atomic mass is 9.88. The first kappa shape index (κ1) is 17.6. The molecule has 1 atom stereocenters. The van der Waals surface area contributed by atoms with Crippen molar-refractivity contribution in [2.75, 3.05) is 13.1 Å². The Kier molecular flexibility index (Phi) is 5.82. The number of rotatable bonds is 5. The van der Waals surface area contributed by atoms with Crippen LogP contribution in [0.5, 0.6) is 0 Å². The van der Waals surface area contributed by atoms with Gasteiger partial charge < -0.3 is 10.0 Å². The first-order valence-electron chi connectivity index (χ1n) is 8.90. The maximum Gasteiger partial charge on any atom is 0.253 e. The third-order valence-electron chi connectivity index (χ3n) is 5.01. The molecule has 0 spiro atoms. The molecule has 2 aromatic rings. The van der Waals surface area contributed by atoms with Gasteiger partial charge in [-0.1, -0.05) is 36.4 Å². The number of amides is 1. The average molecular weight is 341 g/mol. The van der Waals surface area contributed by atoms with Crippen molar-refractivity contribution < 1.29 is 14.3 Å². The molecule has 1 amide bonds. The number of aliphatic hydroxyl groups excluding tert-OH is 1. The van der Waals surface area contributed by atoms with E-state index in [1.807, 2.05) is 18.2 Å². The molecule has 3 rings (SSSR count). The molecule has 1 saturated heterocycles. The van der Waals surface area contributed by atoms with E-state index in [1.54, 1.807) is 17.0 Å². The molecule has 0 radical (unpaired) electrons. The van der Waals surface area contributed by atoms with Crippen LogP contribution in [-0.4, -0.2) is 35.1 Å². The number of carbonyl (C=O) groups excluding carboxylic acids is 1. The molecule has 0 saturated carbocycles. The second kappa shape index (κ2) is 8.26. The van der Waals surface area contributed by atoms with E-state index in [1.165, 1.54) is 17.7 Å². The van der Waals surface area contributed by atoms with Gasteiger partial charge in [0.25, 0.3) is 5.91 Å². The second-order valence-corrected chi connectivity index (χ2v) is 6.73. The Hall–Kier alpha value is -2.20. The van der Waals surface area contributed by atoms with Crippen LogP contribution in [0.4, 0.5) is 4.39 Å². The molecule has 0 aromatic heterocycles. The molecule has 2 aromatic carbocycles. The van der Waals surface area contributed by atoms with E-state index < -0.39 is 5.82 Å². The number of piperidine rings is 1. The minimum atomic E-state index is -0.392. The first-order chi connectivity index (χ1) is 12.1. The summed E-state index contributed by atoms with van der Waals surface area (Å²) < 4.78 is 13.3. The van der Waals surface area contributed by atoms with Gasteiger partial charge in [-0.2, -0.15) is 0 Å². The molecule has 1 aliphatic heterocycles. The predicted octanol–water partition coefficient (Wildman–Crippen LogP) is 3.67. The smallest absolute Gasteiger partial charge is 0.253 e. The fraction of sp³-hybridized carbons (Fsp3) is 0.381. The van der Waals surface area contributed by atoms with E-state index in [0.717, 1.165) is 25.7 Å². The number of halogens is 1. The Balaban J connectivity index is 1.48. The SMILES string of the molecule is O=C(c1cccc(F)c1)N1CCC(C(O)CCc2ccccc2)CC1. The van der Waals surface area contributed by atoms with Gasteiger partial charge in [-0.25, -0.2) is 4.39 Å². The monoisotopic (exact) mass is 341 g/mol. The molecule has 1 heterocycles. The summed E-state index contributed by atoms with van der Waals surface area (Å²) in [7, 11) is 0. The number of hydrogen-bond acceptors (Lipinski definition) is 2. The third-order valence-corrected chi connectivity index (χ3v) is 5.01. The summed E-state index contributed by atoms with van der Waals surface area (Å²) in [4.78, 5) is 14.2. The summed E-state index contributed by atoms with van der Waals surface area (Å²) in [5.41, 5.74) is 1.63. The molecule has 1 fully saturated rings. The van der Waals surface area contributed by atoms with Crippen LogP contribution < -0.4 is 0 Å². The lowest BCUT2D eigenvalue weighted by Gasteiger charge is -2.34. The van der Waals surface area contributed by atoms with Gasteiger partial charge in [0.2, 0.25) is 0 Å². The first-order valence-corrected chi connectivity index (χ1v) is 8.90. The van der Waals surface area contributed by atoms with E-state index in [-0.39, 0.29) is 17.9 Å². The van der Waals surface area contributed by atoms with Gasteiger partial charge in [-0.15, -0.1) is 0 Å². The normalized spacial score (nSPS) is 16.6. The molecule has 1 unspecified atom stereocenters. The molecule has 25 heavy (non-hydrogen) atoms. The van der Waals surface area contributed by atoms with Gasteiger partial charge in [-0.05, 0) is 55.4 Å². The minimum Gasteiger partial charge on any atom is -0.393 e. The predicted molar refractivity (Wildman–Crippen MR) is 95.8 cm³/mol. The van der Waals surface area contributed by atoms with E-state index in [9.17, 15) is 14.3 Å². The number of likely N-dealkylation sites (tertiary alicyclic amines) is 1. The van der Waals surface area contributed by atoms with Crippen LogP contribution in [0.3, 0.4) is 0 Å². The maximum atomic E-state index is 13.3. The van der Waals surface area contributed by atoms with Crippen molar-refractivity contribution in [1.82, 2.24) is 4.90 Å². The van der Waals surface area contributed by atoms with Crippen LogP contribution in [0.2, 0.25) is 0 Å². The van der Waals surface area contributed by atoms with Crippen molar-refractivity contribution >= 4 is 5.91 Å². The number of benzene rings is 2. The quantitative estimate of drug-likeness (QED) is 0.901. The van der Waals surface area contributed by atoms with Crippen LogP contribution in [0.1, 0.15) is 35.2 Å². The van der Waals surface area contributed by atoms with Crippen molar-refractivity contribution in [3.8, 4) is 0 Å². The van der Waals surface area contributed by atoms with Crippen LogP contribution in [0.15, 0.2) is 54.6 Å². The molecular formula is C21H24FNO2. The Morgan fingerprint density at radius 2 is 1.84 bits per heavy atom. The zero-order valence-electron chi connectivity index (χ0n) is 14.3.